The predicted molar refractivity (Wildman–Crippen MR) is 97.3 cm³/mol. The molecular weight excluding hydrogens is 318 g/mol. The molecule has 2 amide bonds. The van der Waals surface area contributed by atoms with Crippen molar-refractivity contribution in [1.82, 2.24) is 20.6 Å². The third kappa shape index (κ3) is 5.99. The number of nitrogens with one attached hydrogen (secondary N) is 2. The molecule has 0 aromatic carbocycles. The molecule has 138 valence electrons. The first kappa shape index (κ1) is 19.1. The van der Waals surface area contributed by atoms with Crippen LogP contribution < -0.4 is 15.5 Å². The summed E-state index contributed by atoms with van der Waals surface area (Å²) >= 11 is 0. The largest absolute Gasteiger partial charge is 0.348 e. The second kappa shape index (κ2) is 9.34. The SMILES string of the molecule is CC(=O)NCC(=O)NC(C)c1cnc(N2CCCCCCC2)nc1C. The highest BCUT2D eigenvalue weighted by Crippen LogP contribution is 2.20. The topological polar surface area (TPSA) is 87.2 Å². The zero-order chi connectivity index (χ0) is 18.2. The Morgan fingerprint density at radius 3 is 2.44 bits per heavy atom. The molecule has 2 N–H and O–H groups in total. The summed E-state index contributed by atoms with van der Waals surface area (Å²) in [6, 6.07) is -0.206. The number of amides is 2. The van der Waals surface area contributed by atoms with Gasteiger partial charge >= 0.3 is 0 Å². The van der Waals surface area contributed by atoms with E-state index in [2.05, 4.69) is 25.5 Å². The average molecular weight is 347 g/mol. The molecule has 0 saturated carbocycles. The van der Waals surface area contributed by atoms with Crippen molar-refractivity contribution in [2.75, 3.05) is 24.5 Å². The van der Waals surface area contributed by atoms with Crippen LogP contribution in [-0.4, -0.2) is 41.4 Å². The molecule has 7 heteroatoms. The Balaban J connectivity index is 2.00. The lowest BCUT2D eigenvalue weighted by Crippen LogP contribution is -2.37. The molecule has 0 radical (unpaired) electrons. The molecule has 1 aromatic heterocycles. The first-order chi connectivity index (χ1) is 12.0. The fourth-order valence-electron chi connectivity index (χ4n) is 3.06. The molecule has 25 heavy (non-hydrogen) atoms. The van der Waals surface area contributed by atoms with Gasteiger partial charge in [0.1, 0.15) is 0 Å². The van der Waals surface area contributed by atoms with Gasteiger partial charge in [0.15, 0.2) is 0 Å². The van der Waals surface area contributed by atoms with E-state index in [9.17, 15) is 9.59 Å². The second-order valence-electron chi connectivity index (χ2n) is 6.66. The Morgan fingerprint density at radius 2 is 1.84 bits per heavy atom. The van der Waals surface area contributed by atoms with Crippen molar-refractivity contribution >= 4 is 17.8 Å². The molecule has 2 rings (SSSR count). The van der Waals surface area contributed by atoms with Crippen LogP contribution in [0.3, 0.4) is 0 Å². The first-order valence-corrected chi connectivity index (χ1v) is 9.09. The summed E-state index contributed by atoms with van der Waals surface area (Å²) in [5.74, 6) is 0.329. The summed E-state index contributed by atoms with van der Waals surface area (Å²) in [7, 11) is 0. The van der Waals surface area contributed by atoms with Gasteiger partial charge in [-0.3, -0.25) is 9.59 Å². The molecule has 1 aliphatic rings. The van der Waals surface area contributed by atoms with Crippen LogP contribution in [0.25, 0.3) is 0 Å². The van der Waals surface area contributed by atoms with Crippen LogP contribution in [-0.2, 0) is 9.59 Å². The van der Waals surface area contributed by atoms with E-state index < -0.39 is 0 Å². The zero-order valence-electron chi connectivity index (χ0n) is 15.5. The molecule has 1 aliphatic heterocycles. The van der Waals surface area contributed by atoms with E-state index in [1.807, 2.05) is 13.8 Å². The summed E-state index contributed by atoms with van der Waals surface area (Å²) in [5, 5.41) is 5.35. The average Bonchev–Trinajstić information content (AvgIpc) is 2.52. The lowest BCUT2D eigenvalue weighted by Gasteiger charge is -2.25. The number of rotatable bonds is 5. The predicted octanol–water partition coefficient (Wildman–Crippen LogP) is 1.87. The highest BCUT2D eigenvalue weighted by atomic mass is 16.2. The van der Waals surface area contributed by atoms with Gasteiger partial charge in [0.2, 0.25) is 17.8 Å². The van der Waals surface area contributed by atoms with Crippen molar-refractivity contribution < 1.29 is 9.59 Å². The van der Waals surface area contributed by atoms with Gasteiger partial charge in [0, 0.05) is 37.5 Å². The minimum atomic E-state index is -0.227. The van der Waals surface area contributed by atoms with E-state index in [0.717, 1.165) is 30.3 Å². The van der Waals surface area contributed by atoms with Crippen molar-refractivity contribution in [2.24, 2.45) is 0 Å². The number of nitrogens with zero attached hydrogens (tertiary/aromatic N) is 3. The van der Waals surface area contributed by atoms with Crippen LogP contribution in [0.2, 0.25) is 0 Å². The fourth-order valence-corrected chi connectivity index (χ4v) is 3.06. The molecule has 1 saturated heterocycles. The minimum Gasteiger partial charge on any atom is -0.348 e. The third-order valence-corrected chi connectivity index (χ3v) is 4.49. The molecule has 7 nitrogen and oxygen atoms in total. The van der Waals surface area contributed by atoms with Crippen molar-refractivity contribution in [3.63, 3.8) is 0 Å². The van der Waals surface area contributed by atoms with E-state index in [1.54, 1.807) is 6.20 Å². The van der Waals surface area contributed by atoms with E-state index in [1.165, 1.54) is 39.0 Å². The molecule has 0 spiro atoms. The van der Waals surface area contributed by atoms with Gasteiger partial charge in [-0.1, -0.05) is 19.3 Å². The van der Waals surface area contributed by atoms with Crippen molar-refractivity contribution in [3.05, 3.63) is 17.5 Å². The second-order valence-corrected chi connectivity index (χ2v) is 6.66. The van der Waals surface area contributed by atoms with Gasteiger partial charge in [0.25, 0.3) is 0 Å². The first-order valence-electron chi connectivity index (χ1n) is 9.09. The number of anilines is 1. The molecule has 2 heterocycles. The Morgan fingerprint density at radius 1 is 1.20 bits per heavy atom. The molecule has 1 fully saturated rings. The van der Waals surface area contributed by atoms with Gasteiger partial charge < -0.3 is 15.5 Å². The standard InChI is InChI=1S/C18H29N5O2/c1-13(21-17(25)12-19-15(3)24)16-11-20-18(22-14(16)2)23-9-7-5-4-6-8-10-23/h11,13H,4-10,12H2,1-3H3,(H,19,24)(H,21,25). The molecular formula is C18H29N5O2. The van der Waals surface area contributed by atoms with Crippen LogP contribution >= 0.6 is 0 Å². The van der Waals surface area contributed by atoms with E-state index in [4.69, 9.17) is 0 Å². The Labute approximate surface area is 149 Å². The zero-order valence-corrected chi connectivity index (χ0v) is 15.5. The van der Waals surface area contributed by atoms with Crippen molar-refractivity contribution in [1.29, 1.82) is 0 Å². The molecule has 1 unspecified atom stereocenters. The fraction of sp³-hybridized carbons (Fsp3) is 0.667. The van der Waals surface area contributed by atoms with E-state index >= 15 is 0 Å². The molecule has 1 aromatic rings. The van der Waals surface area contributed by atoms with Crippen LogP contribution in [0, 0.1) is 6.92 Å². The summed E-state index contributed by atoms with van der Waals surface area (Å²) < 4.78 is 0. The maximum atomic E-state index is 11.9. The van der Waals surface area contributed by atoms with E-state index in [0.29, 0.717) is 0 Å². The van der Waals surface area contributed by atoms with Gasteiger partial charge in [0.05, 0.1) is 12.6 Å². The summed E-state index contributed by atoms with van der Waals surface area (Å²) in [6.07, 6.45) is 8.03. The monoisotopic (exact) mass is 347 g/mol. The number of aryl methyl sites for hydroxylation is 1. The van der Waals surface area contributed by atoms with Crippen LogP contribution in [0.15, 0.2) is 6.20 Å². The number of hydrogen-bond acceptors (Lipinski definition) is 5. The normalized spacial score (nSPS) is 16.5. The Hall–Kier alpha value is -2.18. The highest BCUT2D eigenvalue weighted by Gasteiger charge is 2.17. The van der Waals surface area contributed by atoms with Crippen molar-refractivity contribution in [3.8, 4) is 0 Å². The maximum absolute atomic E-state index is 11.9. The quantitative estimate of drug-likeness (QED) is 0.849. The van der Waals surface area contributed by atoms with Gasteiger partial charge in [-0.15, -0.1) is 0 Å². The number of carbonyl (C=O) groups excluding carboxylic acids is 2. The Bertz CT molecular complexity index is 597. The molecule has 1 atom stereocenters. The van der Waals surface area contributed by atoms with Crippen LogP contribution in [0.1, 0.15) is 63.3 Å². The minimum absolute atomic E-state index is 0.0224. The number of aromatic nitrogens is 2. The highest BCUT2D eigenvalue weighted by molar-refractivity contribution is 5.83. The smallest absolute Gasteiger partial charge is 0.239 e. The lowest BCUT2D eigenvalue weighted by atomic mass is 10.1. The number of carbonyl (C=O) groups is 2. The van der Waals surface area contributed by atoms with Crippen LogP contribution in [0.4, 0.5) is 5.95 Å². The number of hydrogen-bond donors (Lipinski definition) is 2. The van der Waals surface area contributed by atoms with Crippen LogP contribution in [0.5, 0.6) is 0 Å². The summed E-state index contributed by atoms with van der Waals surface area (Å²) in [6.45, 7) is 7.21. The Kier molecular flexibility index (Phi) is 7.16. The van der Waals surface area contributed by atoms with Gasteiger partial charge in [-0.05, 0) is 26.7 Å². The van der Waals surface area contributed by atoms with E-state index in [-0.39, 0.29) is 24.4 Å². The molecule has 0 bridgehead atoms. The third-order valence-electron chi connectivity index (χ3n) is 4.49. The van der Waals surface area contributed by atoms with Crippen molar-refractivity contribution in [2.45, 2.75) is 58.9 Å². The molecule has 0 aliphatic carbocycles. The lowest BCUT2D eigenvalue weighted by molar-refractivity contribution is -0.125. The summed E-state index contributed by atoms with van der Waals surface area (Å²) in [4.78, 5) is 34.2. The summed E-state index contributed by atoms with van der Waals surface area (Å²) in [5.41, 5.74) is 1.77. The maximum Gasteiger partial charge on any atom is 0.239 e. The van der Waals surface area contributed by atoms with Gasteiger partial charge in [-0.25, -0.2) is 9.97 Å². The van der Waals surface area contributed by atoms with Gasteiger partial charge in [-0.2, -0.15) is 0 Å².